The Hall–Kier alpha value is -2.11. The molecule has 1 unspecified atom stereocenters. The van der Waals surface area contributed by atoms with Crippen molar-refractivity contribution < 1.29 is 19.1 Å². The van der Waals surface area contributed by atoms with Crippen molar-refractivity contribution in [1.82, 2.24) is 0 Å². The smallest absolute Gasteiger partial charge is 0.303 e. The molecule has 3 N–H and O–H groups in total. The number of carbonyl (C=O) groups excluding carboxylic acids is 1. The van der Waals surface area contributed by atoms with Gasteiger partial charge in [0.1, 0.15) is 5.82 Å². The minimum Gasteiger partial charge on any atom is -0.481 e. The number of carboxylic acids is 1. The average Bonchev–Trinajstić information content (AvgIpc) is 2.30. The van der Waals surface area contributed by atoms with Gasteiger partial charge in [0.25, 0.3) is 0 Å². The number of benzene rings is 1. The molecule has 0 fully saturated rings. The minimum absolute atomic E-state index is 0.0151. The Bertz CT molecular complexity index is 477. The monoisotopic (exact) mass is 268 g/mol. The molecule has 0 aliphatic rings. The van der Waals surface area contributed by atoms with Crippen LogP contribution in [0.15, 0.2) is 18.2 Å². The van der Waals surface area contributed by atoms with Crippen LogP contribution in [0.4, 0.5) is 15.8 Å². The summed E-state index contributed by atoms with van der Waals surface area (Å²) in [5.41, 5.74) is 0.728. The Morgan fingerprint density at radius 2 is 2.11 bits per heavy atom. The number of amides is 1. The second-order valence-electron chi connectivity index (χ2n) is 4.35. The van der Waals surface area contributed by atoms with Crippen molar-refractivity contribution in [3.8, 4) is 0 Å². The number of aliphatic carboxylic acids is 1. The molecule has 6 heteroatoms. The maximum atomic E-state index is 13.6. The zero-order valence-corrected chi connectivity index (χ0v) is 10.9. The maximum Gasteiger partial charge on any atom is 0.303 e. The third kappa shape index (κ3) is 5.37. The lowest BCUT2D eigenvalue weighted by Gasteiger charge is -2.16. The van der Waals surface area contributed by atoms with E-state index in [-0.39, 0.29) is 24.1 Å². The highest BCUT2D eigenvalue weighted by Crippen LogP contribution is 2.21. The number of hydrogen-bond donors (Lipinski definition) is 3. The molecular formula is C13H17FN2O3. The summed E-state index contributed by atoms with van der Waals surface area (Å²) in [6.07, 6.45) is 0.403. The van der Waals surface area contributed by atoms with Crippen LogP contribution in [0.5, 0.6) is 0 Å². The standard InChI is InChI=1S/C13H17FN2O3/c1-8(3-6-13(18)19)15-12-7-10(16-9(2)17)4-5-11(12)14/h4-5,7-8,15H,3,6H2,1-2H3,(H,16,17)(H,18,19). The van der Waals surface area contributed by atoms with Gasteiger partial charge in [-0.05, 0) is 31.5 Å². The number of rotatable bonds is 6. The van der Waals surface area contributed by atoms with Gasteiger partial charge in [0, 0.05) is 25.1 Å². The van der Waals surface area contributed by atoms with E-state index >= 15 is 0 Å². The van der Waals surface area contributed by atoms with Crippen LogP contribution in [0.2, 0.25) is 0 Å². The van der Waals surface area contributed by atoms with E-state index in [0.29, 0.717) is 12.1 Å². The number of carboxylic acid groups (broad SMARTS) is 1. The van der Waals surface area contributed by atoms with Crippen molar-refractivity contribution in [2.75, 3.05) is 10.6 Å². The molecule has 1 aromatic rings. The number of anilines is 2. The van der Waals surface area contributed by atoms with Gasteiger partial charge in [-0.25, -0.2) is 4.39 Å². The van der Waals surface area contributed by atoms with E-state index < -0.39 is 11.8 Å². The molecule has 1 aromatic carbocycles. The Balaban J connectivity index is 2.70. The molecule has 0 bridgehead atoms. The van der Waals surface area contributed by atoms with Crippen LogP contribution in [0.25, 0.3) is 0 Å². The summed E-state index contributed by atoms with van der Waals surface area (Å²) in [4.78, 5) is 21.4. The lowest BCUT2D eigenvalue weighted by atomic mass is 10.1. The first-order chi connectivity index (χ1) is 8.88. The fourth-order valence-corrected chi connectivity index (χ4v) is 1.59. The molecule has 0 saturated heterocycles. The summed E-state index contributed by atoms with van der Waals surface area (Å²) in [5, 5.41) is 14.0. The molecule has 1 amide bonds. The van der Waals surface area contributed by atoms with Crippen molar-refractivity contribution >= 4 is 23.3 Å². The van der Waals surface area contributed by atoms with Crippen molar-refractivity contribution in [3.63, 3.8) is 0 Å². The summed E-state index contributed by atoms with van der Waals surface area (Å²) >= 11 is 0. The SMILES string of the molecule is CC(=O)Nc1ccc(F)c(NC(C)CCC(=O)O)c1. The van der Waals surface area contributed by atoms with Crippen LogP contribution in [0.1, 0.15) is 26.7 Å². The van der Waals surface area contributed by atoms with Crippen molar-refractivity contribution in [3.05, 3.63) is 24.0 Å². The topological polar surface area (TPSA) is 78.4 Å². The molecule has 0 aliphatic carbocycles. The molecular weight excluding hydrogens is 251 g/mol. The van der Waals surface area contributed by atoms with Gasteiger partial charge in [-0.1, -0.05) is 0 Å². The first kappa shape index (κ1) is 14.9. The van der Waals surface area contributed by atoms with Gasteiger partial charge in [0.2, 0.25) is 5.91 Å². The van der Waals surface area contributed by atoms with E-state index in [1.807, 2.05) is 0 Å². The summed E-state index contributed by atoms with van der Waals surface area (Å²) in [5.74, 6) is -1.58. The Labute approximate surface area is 110 Å². The van der Waals surface area contributed by atoms with E-state index in [4.69, 9.17) is 5.11 Å². The van der Waals surface area contributed by atoms with Gasteiger partial charge in [0.05, 0.1) is 5.69 Å². The first-order valence-electron chi connectivity index (χ1n) is 5.94. The fourth-order valence-electron chi connectivity index (χ4n) is 1.59. The Morgan fingerprint density at radius 3 is 2.68 bits per heavy atom. The molecule has 104 valence electrons. The van der Waals surface area contributed by atoms with Crippen LogP contribution in [0.3, 0.4) is 0 Å². The molecule has 0 heterocycles. The highest BCUT2D eigenvalue weighted by Gasteiger charge is 2.09. The third-order valence-corrected chi connectivity index (χ3v) is 2.48. The summed E-state index contributed by atoms with van der Waals surface area (Å²) in [7, 11) is 0. The van der Waals surface area contributed by atoms with E-state index in [1.165, 1.54) is 25.1 Å². The second-order valence-corrected chi connectivity index (χ2v) is 4.35. The van der Waals surface area contributed by atoms with Crippen LogP contribution < -0.4 is 10.6 Å². The zero-order valence-electron chi connectivity index (χ0n) is 10.9. The zero-order chi connectivity index (χ0) is 14.4. The van der Waals surface area contributed by atoms with Gasteiger partial charge < -0.3 is 15.7 Å². The van der Waals surface area contributed by atoms with E-state index in [9.17, 15) is 14.0 Å². The lowest BCUT2D eigenvalue weighted by Crippen LogP contribution is -2.17. The van der Waals surface area contributed by atoms with Gasteiger partial charge in [-0.2, -0.15) is 0 Å². The predicted octanol–water partition coefficient (Wildman–Crippen LogP) is 2.45. The molecule has 1 atom stereocenters. The molecule has 0 spiro atoms. The fraction of sp³-hybridized carbons (Fsp3) is 0.385. The number of hydrogen-bond acceptors (Lipinski definition) is 3. The summed E-state index contributed by atoms with van der Waals surface area (Å²) in [6, 6.07) is 4.01. The predicted molar refractivity (Wildman–Crippen MR) is 70.7 cm³/mol. The highest BCUT2D eigenvalue weighted by atomic mass is 19.1. The van der Waals surface area contributed by atoms with Crippen LogP contribution in [-0.2, 0) is 9.59 Å². The third-order valence-electron chi connectivity index (χ3n) is 2.48. The first-order valence-corrected chi connectivity index (χ1v) is 5.94. The van der Waals surface area contributed by atoms with Crippen molar-refractivity contribution in [1.29, 1.82) is 0 Å². The lowest BCUT2D eigenvalue weighted by molar-refractivity contribution is -0.137. The van der Waals surface area contributed by atoms with Crippen molar-refractivity contribution in [2.45, 2.75) is 32.7 Å². The Morgan fingerprint density at radius 1 is 1.42 bits per heavy atom. The highest BCUT2D eigenvalue weighted by molar-refractivity contribution is 5.89. The Kier molecular flexibility index (Phi) is 5.29. The molecule has 1 rings (SSSR count). The molecule has 0 aliphatic heterocycles. The molecule has 0 radical (unpaired) electrons. The molecule has 0 saturated carbocycles. The number of carbonyl (C=O) groups is 2. The summed E-state index contributed by atoms with van der Waals surface area (Å²) in [6.45, 7) is 3.14. The van der Waals surface area contributed by atoms with Crippen LogP contribution in [0, 0.1) is 5.82 Å². The number of nitrogens with one attached hydrogen (secondary N) is 2. The average molecular weight is 268 g/mol. The molecule has 19 heavy (non-hydrogen) atoms. The van der Waals surface area contributed by atoms with Gasteiger partial charge in [-0.3, -0.25) is 9.59 Å². The largest absolute Gasteiger partial charge is 0.481 e. The van der Waals surface area contributed by atoms with E-state index in [0.717, 1.165) is 0 Å². The van der Waals surface area contributed by atoms with Gasteiger partial charge in [0.15, 0.2) is 0 Å². The number of halogens is 1. The van der Waals surface area contributed by atoms with E-state index in [1.54, 1.807) is 6.92 Å². The van der Waals surface area contributed by atoms with Crippen molar-refractivity contribution in [2.24, 2.45) is 0 Å². The summed E-state index contributed by atoms with van der Waals surface area (Å²) < 4.78 is 13.6. The minimum atomic E-state index is -0.888. The normalized spacial score (nSPS) is 11.7. The van der Waals surface area contributed by atoms with E-state index in [2.05, 4.69) is 10.6 Å². The van der Waals surface area contributed by atoms with Gasteiger partial charge in [-0.15, -0.1) is 0 Å². The molecule has 5 nitrogen and oxygen atoms in total. The maximum absolute atomic E-state index is 13.6. The van der Waals surface area contributed by atoms with Crippen LogP contribution >= 0.6 is 0 Å². The van der Waals surface area contributed by atoms with Gasteiger partial charge >= 0.3 is 5.97 Å². The molecule has 0 aromatic heterocycles. The second kappa shape index (κ2) is 6.72. The van der Waals surface area contributed by atoms with Crippen LogP contribution in [-0.4, -0.2) is 23.0 Å². The quantitative estimate of drug-likeness (QED) is 0.740.